The van der Waals surface area contributed by atoms with Gasteiger partial charge in [-0.25, -0.2) is 0 Å². The molecule has 10 heavy (non-hydrogen) atoms. The first kappa shape index (κ1) is 6.60. The van der Waals surface area contributed by atoms with Crippen molar-refractivity contribution in [1.82, 2.24) is 9.78 Å². The third-order valence-electron chi connectivity index (χ3n) is 1.15. The molecule has 0 aliphatic rings. The second-order valence-electron chi connectivity index (χ2n) is 1.94. The van der Waals surface area contributed by atoms with Gasteiger partial charge in [0.15, 0.2) is 0 Å². The van der Waals surface area contributed by atoms with Crippen molar-refractivity contribution < 1.29 is 4.79 Å². The Hall–Kier alpha value is -1.52. The van der Waals surface area contributed by atoms with Crippen LogP contribution in [0.3, 0.4) is 0 Å². The van der Waals surface area contributed by atoms with Gasteiger partial charge in [-0.3, -0.25) is 9.48 Å². The number of primary amides is 1. The molecule has 1 amide bonds. The van der Waals surface area contributed by atoms with Crippen LogP contribution in [0.25, 0.3) is 0 Å². The molecule has 0 radical (unpaired) electrons. The smallest absolute Gasteiger partial charge is 0.267 e. The fraction of sp³-hybridized carbons (Fsp3) is 0.200. The number of hydrogen-bond acceptors (Lipinski definition) is 3. The summed E-state index contributed by atoms with van der Waals surface area (Å²) in [5.74, 6) is -0.219. The number of nitrogens with zero attached hydrogens (tertiary/aromatic N) is 2. The topological polar surface area (TPSA) is 86.9 Å². The van der Waals surface area contributed by atoms with E-state index in [2.05, 4.69) is 5.10 Å². The van der Waals surface area contributed by atoms with Gasteiger partial charge in [0, 0.05) is 13.1 Å². The van der Waals surface area contributed by atoms with E-state index in [0.717, 1.165) is 0 Å². The highest BCUT2D eigenvalue weighted by Gasteiger charge is 2.06. The molecule has 5 nitrogen and oxygen atoms in total. The monoisotopic (exact) mass is 140 g/mol. The molecule has 0 spiro atoms. The molecular formula is C5H8N4O. The van der Waals surface area contributed by atoms with Crippen LogP contribution in [0.5, 0.6) is 0 Å². The van der Waals surface area contributed by atoms with E-state index in [9.17, 15) is 4.79 Å². The highest BCUT2D eigenvalue weighted by molar-refractivity contribution is 5.91. The normalized spacial score (nSPS) is 9.70. The number of hydrogen-bond donors (Lipinski definition) is 2. The molecule has 0 bridgehead atoms. The molecule has 0 aliphatic heterocycles. The zero-order valence-electron chi connectivity index (χ0n) is 5.53. The van der Waals surface area contributed by atoms with Gasteiger partial charge in [-0.15, -0.1) is 0 Å². The fourth-order valence-electron chi connectivity index (χ4n) is 0.720. The lowest BCUT2D eigenvalue weighted by Crippen LogP contribution is -2.15. The summed E-state index contributed by atoms with van der Waals surface area (Å²) in [6.07, 6.45) is 0. The van der Waals surface area contributed by atoms with Gasteiger partial charge in [0.1, 0.15) is 11.5 Å². The summed E-state index contributed by atoms with van der Waals surface area (Å²) in [5.41, 5.74) is 10.6. The van der Waals surface area contributed by atoms with Crippen molar-refractivity contribution in [2.75, 3.05) is 5.73 Å². The summed E-state index contributed by atoms with van der Waals surface area (Å²) in [4.78, 5) is 10.5. The van der Waals surface area contributed by atoms with Crippen LogP contribution >= 0.6 is 0 Å². The molecule has 4 N–H and O–H groups in total. The Bertz CT molecular complexity index is 265. The Morgan fingerprint density at radius 3 is 2.60 bits per heavy atom. The number of rotatable bonds is 1. The van der Waals surface area contributed by atoms with Crippen LogP contribution in [-0.4, -0.2) is 15.7 Å². The first-order valence-electron chi connectivity index (χ1n) is 2.70. The Balaban J connectivity index is 3.15. The summed E-state index contributed by atoms with van der Waals surface area (Å²) >= 11 is 0. The number of anilines is 1. The Morgan fingerprint density at radius 1 is 1.80 bits per heavy atom. The van der Waals surface area contributed by atoms with E-state index in [1.807, 2.05) is 0 Å². The lowest BCUT2D eigenvalue weighted by molar-refractivity contribution is 0.0991. The zero-order valence-corrected chi connectivity index (χ0v) is 5.53. The first-order valence-corrected chi connectivity index (χ1v) is 2.70. The number of amides is 1. The summed E-state index contributed by atoms with van der Waals surface area (Å²) in [6, 6.07) is 1.43. The third kappa shape index (κ3) is 0.928. The zero-order chi connectivity index (χ0) is 7.72. The third-order valence-corrected chi connectivity index (χ3v) is 1.15. The van der Waals surface area contributed by atoms with Gasteiger partial charge in [-0.1, -0.05) is 0 Å². The molecule has 0 saturated carbocycles. The Kier molecular flexibility index (Phi) is 1.33. The van der Waals surface area contributed by atoms with Crippen LogP contribution in [0.15, 0.2) is 6.07 Å². The minimum absolute atomic E-state index is 0.302. The molecule has 0 unspecified atom stereocenters. The molecule has 1 rings (SSSR count). The molecule has 0 aliphatic carbocycles. The summed E-state index contributed by atoms with van der Waals surface area (Å²) in [6.45, 7) is 0. The number of carbonyl (C=O) groups excluding carboxylic acids is 1. The second kappa shape index (κ2) is 2.02. The van der Waals surface area contributed by atoms with Crippen LogP contribution in [0.4, 0.5) is 5.82 Å². The average molecular weight is 140 g/mol. The van der Waals surface area contributed by atoms with Crippen LogP contribution in [0.2, 0.25) is 0 Å². The SMILES string of the molecule is Cn1nc(N)cc1C(N)=O. The van der Waals surface area contributed by atoms with Crippen molar-refractivity contribution in [3.05, 3.63) is 11.8 Å². The standard InChI is InChI=1S/C5H8N4O/c1-9-3(5(7)10)2-4(6)8-9/h2H,1H3,(H2,6,8)(H2,7,10). The lowest BCUT2D eigenvalue weighted by atomic mass is 10.4. The van der Waals surface area contributed by atoms with Gasteiger partial charge in [-0.05, 0) is 0 Å². The fourth-order valence-corrected chi connectivity index (χ4v) is 0.720. The first-order chi connectivity index (χ1) is 4.61. The molecule has 0 saturated heterocycles. The van der Waals surface area contributed by atoms with Crippen molar-refractivity contribution in [3.63, 3.8) is 0 Å². The molecule has 0 fully saturated rings. The minimum atomic E-state index is -0.522. The molecule has 1 aromatic heterocycles. The predicted octanol–water partition coefficient (Wildman–Crippen LogP) is -0.899. The lowest BCUT2D eigenvalue weighted by Gasteiger charge is -1.91. The predicted molar refractivity (Wildman–Crippen MR) is 36.1 cm³/mol. The van der Waals surface area contributed by atoms with Crippen molar-refractivity contribution >= 4 is 11.7 Å². The van der Waals surface area contributed by atoms with Crippen LogP contribution in [0.1, 0.15) is 10.5 Å². The van der Waals surface area contributed by atoms with E-state index in [1.54, 1.807) is 7.05 Å². The number of nitrogens with two attached hydrogens (primary N) is 2. The van der Waals surface area contributed by atoms with Crippen LogP contribution in [0, 0.1) is 0 Å². The maximum atomic E-state index is 10.5. The van der Waals surface area contributed by atoms with E-state index < -0.39 is 5.91 Å². The van der Waals surface area contributed by atoms with E-state index in [0.29, 0.717) is 11.5 Å². The molecule has 1 aromatic rings. The molecule has 0 aromatic carbocycles. The van der Waals surface area contributed by atoms with Gasteiger partial charge < -0.3 is 11.5 Å². The van der Waals surface area contributed by atoms with E-state index in [4.69, 9.17) is 11.5 Å². The van der Waals surface area contributed by atoms with Gasteiger partial charge in [-0.2, -0.15) is 5.10 Å². The second-order valence-corrected chi connectivity index (χ2v) is 1.94. The molecule has 54 valence electrons. The summed E-state index contributed by atoms with van der Waals surface area (Å²) in [7, 11) is 1.61. The highest BCUT2D eigenvalue weighted by atomic mass is 16.1. The summed E-state index contributed by atoms with van der Waals surface area (Å²) < 4.78 is 1.34. The van der Waals surface area contributed by atoms with Crippen molar-refractivity contribution in [1.29, 1.82) is 0 Å². The molecular weight excluding hydrogens is 132 g/mol. The van der Waals surface area contributed by atoms with Gasteiger partial charge in [0.25, 0.3) is 5.91 Å². The number of aryl methyl sites for hydroxylation is 1. The molecule has 0 atom stereocenters. The number of aromatic nitrogens is 2. The largest absolute Gasteiger partial charge is 0.382 e. The van der Waals surface area contributed by atoms with E-state index in [1.165, 1.54) is 10.7 Å². The highest BCUT2D eigenvalue weighted by Crippen LogP contribution is 2.01. The van der Waals surface area contributed by atoms with Gasteiger partial charge >= 0.3 is 0 Å². The van der Waals surface area contributed by atoms with Crippen LogP contribution < -0.4 is 11.5 Å². The van der Waals surface area contributed by atoms with Crippen LogP contribution in [-0.2, 0) is 7.05 Å². The Labute approximate surface area is 57.6 Å². The maximum absolute atomic E-state index is 10.5. The number of nitrogen functional groups attached to an aromatic ring is 1. The molecule has 5 heteroatoms. The Morgan fingerprint density at radius 2 is 2.40 bits per heavy atom. The van der Waals surface area contributed by atoms with Crippen molar-refractivity contribution in [3.8, 4) is 0 Å². The van der Waals surface area contributed by atoms with E-state index >= 15 is 0 Å². The quantitative estimate of drug-likeness (QED) is 0.530. The maximum Gasteiger partial charge on any atom is 0.267 e. The average Bonchev–Trinajstić information content (AvgIpc) is 2.10. The van der Waals surface area contributed by atoms with Crippen molar-refractivity contribution in [2.45, 2.75) is 0 Å². The van der Waals surface area contributed by atoms with Gasteiger partial charge in [0.2, 0.25) is 0 Å². The van der Waals surface area contributed by atoms with Gasteiger partial charge in [0.05, 0.1) is 0 Å². The number of carbonyl (C=O) groups is 1. The minimum Gasteiger partial charge on any atom is -0.382 e. The molecule has 1 heterocycles. The van der Waals surface area contributed by atoms with E-state index in [-0.39, 0.29) is 0 Å². The summed E-state index contributed by atoms with van der Waals surface area (Å²) in [5, 5.41) is 3.73. The van der Waals surface area contributed by atoms with Crippen molar-refractivity contribution in [2.24, 2.45) is 12.8 Å².